The lowest BCUT2D eigenvalue weighted by Gasteiger charge is -2.42. The van der Waals surface area contributed by atoms with Crippen LogP contribution in [0.1, 0.15) is 18.2 Å². The van der Waals surface area contributed by atoms with Crippen molar-refractivity contribution >= 4 is 12.0 Å². The molecule has 20 heavy (non-hydrogen) atoms. The molecule has 1 unspecified atom stereocenters. The molecule has 2 rings (SSSR count). The molecule has 0 radical (unpaired) electrons. The Morgan fingerprint density at radius 3 is 2.70 bits per heavy atom. The molecule has 1 saturated heterocycles. The number of urea groups is 1. The topological polar surface area (TPSA) is 74.0 Å². The van der Waals surface area contributed by atoms with Crippen LogP contribution in [0.5, 0.6) is 0 Å². The molecule has 1 N–H and O–H groups in total. The molecule has 110 valence electrons. The number of carboxylic acid groups (broad SMARTS) is 1. The highest BCUT2D eigenvalue weighted by Gasteiger charge is 2.38. The largest absolute Gasteiger partial charge is 0.481 e. The first-order valence-corrected chi connectivity index (χ1v) is 6.66. The Bertz CT molecular complexity index is 505. The molecule has 1 aromatic heterocycles. The van der Waals surface area contributed by atoms with Gasteiger partial charge in [0.2, 0.25) is 0 Å². The van der Waals surface area contributed by atoms with Crippen LogP contribution in [-0.4, -0.2) is 47.0 Å². The van der Waals surface area contributed by atoms with E-state index in [0.717, 1.165) is 11.3 Å². The zero-order valence-electron chi connectivity index (χ0n) is 12.0. The van der Waals surface area contributed by atoms with E-state index >= 15 is 0 Å². The average Bonchev–Trinajstić information content (AvgIpc) is 2.72. The number of carbonyl (C=O) groups is 2. The Morgan fingerprint density at radius 2 is 2.20 bits per heavy atom. The van der Waals surface area contributed by atoms with Crippen LogP contribution >= 0.6 is 0 Å². The lowest BCUT2D eigenvalue weighted by atomic mass is 9.87. The summed E-state index contributed by atoms with van der Waals surface area (Å²) in [5.74, 6) is -0.337. The van der Waals surface area contributed by atoms with E-state index in [1.807, 2.05) is 13.0 Å². The molecule has 2 amide bonds. The molecule has 1 atom stereocenters. The van der Waals surface area contributed by atoms with Gasteiger partial charge >= 0.3 is 12.0 Å². The van der Waals surface area contributed by atoms with Crippen molar-refractivity contribution in [3.05, 3.63) is 23.7 Å². The first kappa shape index (κ1) is 14.4. The third-order valence-corrected chi connectivity index (χ3v) is 3.98. The number of aryl methyl sites for hydroxylation is 1. The molecular formula is C14H20N2O4. The second-order valence-corrected chi connectivity index (χ2v) is 5.43. The Kier molecular flexibility index (Phi) is 4.01. The molecular weight excluding hydrogens is 260 g/mol. The lowest BCUT2D eigenvalue weighted by molar-refractivity contribution is -0.144. The summed E-state index contributed by atoms with van der Waals surface area (Å²) in [4.78, 5) is 26.3. The first-order valence-electron chi connectivity index (χ1n) is 6.66. The minimum Gasteiger partial charge on any atom is -0.481 e. The molecule has 6 heteroatoms. The van der Waals surface area contributed by atoms with Crippen LogP contribution < -0.4 is 0 Å². The van der Waals surface area contributed by atoms with Crippen molar-refractivity contribution in [2.24, 2.45) is 11.8 Å². The number of hydrogen-bond donors (Lipinski definition) is 1. The van der Waals surface area contributed by atoms with Crippen molar-refractivity contribution in [2.75, 3.05) is 20.1 Å². The maximum Gasteiger partial charge on any atom is 0.320 e. The summed E-state index contributed by atoms with van der Waals surface area (Å²) in [5.41, 5.74) is 0.983. The Morgan fingerprint density at radius 1 is 1.55 bits per heavy atom. The van der Waals surface area contributed by atoms with Crippen LogP contribution in [0.2, 0.25) is 0 Å². The average molecular weight is 280 g/mol. The van der Waals surface area contributed by atoms with E-state index in [9.17, 15) is 9.59 Å². The number of aliphatic carboxylic acids is 1. The monoisotopic (exact) mass is 280 g/mol. The number of furan rings is 1. The number of carboxylic acids is 1. The first-order chi connectivity index (χ1) is 9.40. The van der Waals surface area contributed by atoms with Crippen LogP contribution in [0.3, 0.4) is 0 Å². The van der Waals surface area contributed by atoms with Crippen molar-refractivity contribution in [3.8, 4) is 0 Å². The third kappa shape index (κ3) is 2.79. The van der Waals surface area contributed by atoms with Crippen molar-refractivity contribution in [1.82, 2.24) is 9.80 Å². The summed E-state index contributed by atoms with van der Waals surface area (Å²) in [6, 6.07) is 1.78. The van der Waals surface area contributed by atoms with Gasteiger partial charge in [0.25, 0.3) is 0 Å². The molecule has 0 aromatic carbocycles. The molecule has 1 aliphatic heterocycles. The fourth-order valence-electron chi connectivity index (χ4n) is 2.33. The third-order valence-electron chi connectivity index (χ3n) is 3.98. The van der Waals surface area contributed by atoms with Crippen molar-refractivity contribution in [2.45, 2.75) is 20.4 Å². The van der Waals surface area contributed by atoms with Crippen molar-refractivity contribution in [1.29, 1.82) is 0 Å². The number of nitrogens with zero attached hydrogens (tertiary/aromatic N) is 2. The summed E-state index contributed by atoms with van der Waals surface area (Å²) in [7, 11) is 1.74. The number of likely N-dealkylation sites (tertiary alicyclic amines) is 1. The predicted molar refractivity (Wildman–Crippen MR) is 72.2 cm³/mol. The van der Waals surface area contributed by atoms with Gasteiger partial charge in [0, 0.05) is 31.6 Å². The SMILES string of the molecule is Cc1occc1CN(C)C(=O)N1CC(C(C)C(=O)O)C1. The zero-order chi connectivity index (χ0) is 14.9. The summed E-state index contributed by atoms with van der Waals surface area (Å²) in [6.07, 6.45) is 1.61. The van der Waals surface area contributed by atoms with E-state index in [1.54, 1.807) is 30.0 Å². The quantitative estimate of drug-likeness (QED) is 0.912. The summed E-state index contributed by atoms with van der Waals surface area (Å²) < 4.78 is 5.20. The highest BCUT2D eigenvalue weighted by Crippen LogP contribution is 2.25. The number of hydrogen-bond acceptors (Lipinski definition) is 3. The predicted octanol–water partition coefficient (Wildman–Crippen LogP) is 1.79. The van der Waals surface area contributed by atoms with Gasteiger partial charge in [0.05, 0.1) is 18.7 Å². The number of rotatable bonds is 4. The number of amides is 2. The fourth-order valence-corrected chi connectivity index (χ4v) is 2.33. The molecule has 6 nitrogen and oxygen atoms in total. The van der Waals surface area contributed by atoms with E-state index in [1.165, 1.54) is 0 Å². The Balaban J connectivity index is 1.84. The van der Waals surface area contributed by atoms with Gasteiger partial charge in [-0.1, -0.05) is 6.92 Å². The molecule has 1 aromatic rings. The van der Waals surface area contributed by atoms with E-state index in [2.05, 4.69) is 0 Å². The van der Waals surface area contributed by atoms with Gasteiger partial charge in [-0.25, -0.2) is 4.79 Å². The van der Waals surface area contributed by atoms with Gasteiger partial charge in [0.15, 0.2) is 0 Å². The smallest absolute Gasteiger partial charge is 0.320 e. The summed E-state index contributed by atoms with van der Waals surface area (Å²) in [5, 5.41) is 8.93. The Labute approximate surface area is 118 Å². The molecule has 0 aliphatic carbocycles. The van der Waals surface area contributed by atoms with E-state index in [4.69, 9.17) is 9.52 Å². The zero-order valence-corrected chi connectivity index (χ0v) is 12.0. The van der Waals surface area contributed by atoms with Crippen LogP contribution in [-0.2, 0) is 11.3 Å². The molecule has 0 saturated carbocycles. The number of carbonyl (C=O) groups excluding carboxylic acids is 1. The lowest BCUT2D eigenvalue weighted by Crippen LogP contribution is -2.56. The van der Waals surface area contributed by atoms with Crippen molar-refractivity contribution < 1.29 is 19.1 Å². The van der Waals surface area contributed by atoms with E-state index < -0.39 is 11.9 Å². The standard InChI is InChI=1S/C14H20N2O4/c1-9(13(17)18)12-7-16(8-12)14(19)15(3)6-11-4-5-20-10(11)2/h4-5,9,12H,6-8H2,1-3H3,(H,17,18). The van der Waals surface area contributed by atoms with E-state index in [0.29, 0.717) is 19.6 Å². The second kappa shape index (κ2) is 5.56. The Hall–Kier alpha value is -1.98. The van der Waals surface area contributed by atoms with Crippen molar-refractivity contribution in [3.63, 3.8) is 0 Å². The minimum atomic E-state index is -0.801. The maximum atomic E-state index is 12.2. The van der Waals surface area contributed by atoms with Gasteiger partial charge in [-0.15, -0.1) is 0 Å². The second-order valence-electron chi connectivity index (χ2n) is 5.43. The van der Waals surface area contributed by atoms with Gasteiger partial charge in [-0.05, 0) is 13.0 Å². The van der Waals surface area contributed by atoms with Gasteiger partial charge in [-0.3, -0.25) is 4.79 Å². The summed E-state index contributed by atoms with van der Waals surface area (Å²) >= 11 is 0. The van der Waals surface area contributed by atoms with Gasteiger partial charge < -0.3 is 19.3 Å². The van der Waals surface area contributed by atoms with Crippen LogP contribution in [0.4, 0.5) is 4.79 Å². The highest BCUT2D eigenvalue weighted by atomic mass is 16.4. The van der Waals surface area contributed by atoms with E-state index in [-0.39, 0.29) is 11.9 Å². The maximum absolute atomic E-state index is 12.2. The van der Waals surface area contributed by atoms with Gasteiger partial charge in [-0.2, -0.15) is 0 Å². The fraction of sp³-hybridized carbons (Fsp3) is 0.571. The van der Waals surface area contributed by atoms with Crippen LogP contribution in [0, 0.1) is 18.8 Å². The highest BCUT2D eigenvalue weighted by molar-refractivity contribution is 5.76. The molecule has 0 spiro atoms. The molecule has 1 fully saturated rings. The van der Waals surface area contributed by atoms with Crippen LogP contribution in [0.15, 0.2) is 16.7 Å². The summed E-state index contributed by atoms with van der Waals surface area (Å²) in [6.45, 7) is 5.08. The normalized spacial score (nSPS) is 16.6. The van der Waals surface area contributed by atoms with Crippen LogP contribution in [0.25, 0.3) is 0 Å². The molecule has 0 bridgehead atoms. The molecule has 1 aliphatic rings. The van der Waals surface area contributed by atoms with Gasteiger partial charge in [0.1, 0.15) is 5.76 Å². The molecule has 2 heterocycles. The minimum absolute atomic E-state index is 0.0560.